The molecule has 0 aromatic heterocycles. The average Bonchev–Trinajstić information content (AvgIpc) is 2.81. The van der Waals surface area contributed by atoms with Crippen molar-refractivity contribution in [1.29, 1.82) is 5.26 Å². The molecular weight excluding hydrogens is 400 g/mol. The van der Waals surface area contributed by atoms with E-state index >= 15 is 0 Å². The zero-order chi connectivity index (χ0) is 22.9. The van der Waals surface area contributed by atoms with Crippen LogP contribution in [0.3, 0.4) is 0 Å². The fraction of sp³-hybridized carbons (Fsp3) is 0.545. The summed E-state index contributed by atoms with van der Waals surface area (Å²) >= 11 is 0. The molecule has 0 aliphatic carbocycles. The molecule has 1 saturated heterocycles. The smallest absolute Gasteiger partial charge is 0.408 e. The third-order valence-corrected chi connectivity index (χ3v) is 5.79. The molecule has 2 atom stereocenters. The normalized spacial score (nSPS) is 22.0. The highest BCUT2D eigenvalue weighted by atomic mass is 16.5. The van der Waals surface area contributed by atoms with Gasteiger partial charge in [-0.25, -0.2) is 4.79 Å². The van der Waals surface area contributed by atoms with Gasteiger partial charge in [-0.1, -0.05) is 0 Å². The maximum absolute atomic E-state index is 13.7. The minimum atomic E-state index is -1.25. The molecule has 2 aliphatic rings. The van der Waals surface area contributed by atoms with Crippen LogP contribution in [0.15, 0.2) is 18.2 Å². The summed E-state index contributed by atoms with van der Waals surface area (Å²) in [5, 5.41) is 22.1. The van der Waals surface area contributed by atoms with Gasteiger partial charge in [0.25, 0.3) is 0 Å². The molecule has 9 nitrogen and oxygen atoms in total. The minimum absolute atomic E-state index is 0.201. The number of nitrogens with zero attached hydrogens (tertiary/aromatic N) is 3. The molecule has 0 bridgehead atoms. The summed E-state index contributed by atoms with van der Waals surface area (Å²) < 4.78 is 5.38. The summed E-state index contributed by atoms with van der Waals surface area (Å²) in [4.78, 5) is 41.7. The van der Waals surface area contributed by atoms with E-state index < -0.39 is 29.6 Å². The first-order valence-electron chi connectivity index (χ1n) is 10.3. The van der Waals surface area contributed by atoms with Crippen molar-refractivity contribution in [2.75, 3.05) is 23.4 Å². The van der Waals surface area contributed by atoms with E-state index in [1.54, 1.807) is 45.9 Å². The molecule has 31 heavy (non-hydrogen) atoms. The standard InChI is InChI=1S/C22H28N4O5/c1-13-18(26(21(29)30)22(2,3)4)19(27)24-16-6-5-14(12-23)11-17(16)25(13)20(28)15-7-9-31-10-8-15/h5-6,11,13,15,18H,7-10H2,1-4H3,(H,24,27)(H,29,30)/t13-,18-/m0/s1. The highest BCUT2D eigenvalue weighted by Crippen LogP contribution is 2.37. The Balaban J connectivity index is 2.16. The van der Waals surface area contributed by atoms with E-state index in [1.165, 1.54) is 4.90 Å². The molecule has 0 saturated carbocycles. The predicted octanol–water partition coefficient (Wildman–Crippen LogP) is 2.81. The second-order valence-corrected chi connectivity index (χ2v) is 8.94. The summed E-state index contributed by atoms with van der Waals surface area (Å²) in [5.74, 6) is -1.03. The first kappa shape index (κ1) is 22.6. The minimum Gasteiger partial charge on any atom is -0.465 e. The number of carbonyl (C=O) groups is 3. The maximum atomic E-state index is 13.7. The van der Waals surface area contributed by atoms with Crippen LogP contribution in [0, 0.1) is 17.2 Å². The lowest BCUT2D eigenvalue weighted by Crippen LogP contribution is -2.63. The fourth-order valence-electron chi connectivity index (χ4n) is 4.31. The number of carbonyl (C=O) groups excluding carboxylic acids is 2. The van der Waals surface area contributed by atoms with E-state index in [0.29, 0.717) is 43.0 Å². The van der Waals surface area contributed by atoms with E-state index in [0.717, 1.165) is 4.90 Å². The van der Waals surface area contributed by atoms with E-state index in [2.05, 4.69) is 11.4 Å². The average molecular weight is 428 g/mol. The van der Waals surface area contributed by atoms with Crippen molar-refractivity contribution < 1.29 is 24.2 Å². The van der Waals surface area contributed by atoms with Crippen LogP contribution in [0.2, 0.25) is 0 Å². The Morgan fingerprint density at radius 1 is 1.29 bits per heavy atom. The zero-order valence-corrected chi connectivity index (χ0v) is 18.2. The maximum Gasteiger partial charge on any atom is 0.408 e. The van der Waals surface area contributed by atoms with Crippen LogP contribution in [-0.2, 0) is 14.3 Å². The van der Waals surface area contributed by atoms with Gasteiger partial charge in [0.15, 0.2) is 0 Å². The van der Waals surface area contributed by atoms with Gasteiger partial charge < -0.3 is 20.1 Å². The lowest BCUT2D eigenvalue weighted by atomic mass is 9.94. The molecule has 9 heteroatoms. The molecular formula is C22H28N4O5. The van der Waals surface area contributed by atoms with Gasteiger partial charge in [0.05, 0.1) is 29.0 Å². The Bertz CT molecular complexity index is 927. The molecule has 0 radical (unpaired) electrons. The van der Waals surface area contributed by atoms with Gasteiger partial charge in [0, 0.05) is 24.7 Å². The number of nitriles is 1. The van der Waals surface area contributed by atoms with Crippen LogP contribution in [0.25, 0.3) is 0 Å². The molecule has 3 amide bonds. The zero-order valence-electron chi connectivity index (χ0n) is 18.2. The first-order valence-corrected chi connectivity index (χ1v) is 10.3. The van der Waals surface area contributed by atoms with Gasteiger partial charge in [-0.15, -0.1) is 0 Å². The largest absolute Gasteiger partial charge is 0.465 e. The number of anilines is 2. The Labute approximate surface area is 181 Å². The van der Waals surface area contributed by atoms with Crippen molar-refractivity contribution in [3.05, 3.63) is 23.8 Å². The summed E-state index contributed by atoms with van der Waals surface area (Å²) in [6, 6.07) is 4.83. The number of hydrogen-bond donors (Lipinski definition) is 2. The first-order chi connectivity index (χ1) is 14.6. The van der Waals surface area contributed by atoms with Crippen molar-refractivity contribution in [3.63, 3.8) is 0 Å². The number of rotatable bonds is 2. The number of carboxylic acid groups (broad SMARTS) is 1. The van der Waals surface area contributed by atoms with E-state index in [1.807, 2.05) is 0 Å². The van der Waals surface area contributed by atoms with Crippen molar-refractivity contribution in [2.45, 2.75) is 58.2 Å². The molecule has 166 valence electrons. The van der Waals surface area contributed by atoms with Gasteiger partial charge in [-0.3, -0.25) is 14.5 Å². The van der Waals surface area contributed by atoms with Crippen LogP contribution < -0.4 is 10.2 Å². The topological polar surface area (TPSA) is 123 Å². The fourth-order valence-corrected chi connectivity index (χ4v) is 4.31. The van der Waals surface area contributed by atoms with Crippen LogP contribution >= 0.6 is 0 Å². The lowest BCUT2D eigenvalue weighted by molar-refractivity contribution is -0.127. The Morgan fingerprint density at radius 2 is 1.94 bits per heavy atom. The van der Waals surface area contributed by atoms with Gasteiger partial charge in [-0.05, 0) is 58.7 Å². The van der Waals surface area contributed by atoms with Gasteiger partial charge in [0.1, 0.15) is 6.04 Å². The number of benzene rings is 1. The Hall–Kier alpha value is -3.12. The molecule has 2 heterocycles. The summed E-state index contributed by atoms with van der Waals surface area (Å²) in [6.45, 7) is 7.73. The van der Waals surface area contributed by atoms with Crippen LogP contribution in [0.1, 0.15) is 46.1 Å². The molecule has 1 aromatic carbocycles. The quantitative estimate of drug-likeness (QED) is 0.747. The molecule has 0 unspecified atom stereocenters. The molecule has 1 fully saturated rings. The number of nitrogens with one attached hydrogen (secondary N) is 1. The summed E-state index contributed by atoms with van der Waals surface area (Å²) in [7, 11) is 0. The second kappa shape index (κ2) is 8.55. The van der Waals surface area contributed by atoms with Crippen LogP contribution in [0.5, 0.6) is 0 Å². The molecule has 3 rings (SSSR count). The second-order valence-electron chi connectivity index (χ2n) is 8.94. The number of ether oxygens (including phenoxy) is 1. The number of amides is 3. The predicted molar refractivity (Wildman–Crippen MR) is 114 cm³/mol. The third kappa shape index (κ3) is 4.35. The van der Waals surface area contributed by atoms with Crippen molar-refractivity contribution >= 4 is 29.3 Å². The molecule has 0 spiro atoms. The lowest BCUT2D eigenvalue weighted by Gasteiger charge is -2.43. The number of hydrogen-bond acceptors (Lipinski definition) is 5. The van der Waals surface area contributed by atoms with Gasteiger partial charge >= 0.3 is 6.09 Å². The van der Waals surface area contributed by atoms with Crippen molar-refractivity contribution in [2.24, 2.45) is 5.92 Å². The molecule has 2 aliphatic heterocycles. The van der Waals surface area contributed by atoms with E-state index in [9.17, 15) is 24.8 Å². The van der Waals surface area contributed by atoms with Crippen molar-refractivity contribution in [1.82, 2.24) is 4.90 Å². The van der Waals surface area contributed by atoms with Gasteiger partial charge in [-0.2, -0.15) is 5.26 Å². The van der Waals surface area contributed by atoms with Crippen LogP contribution in [-0.4, -0.2) is 58.8 Å². The van der Waals surface area contributed by atoms with E-state index in [4.69, 9.17) is 4.74 Å². The van der Waals surface area contributed by atoms with E-state index in [-0.39, 0.29) is 11.8 Å². The number of fused-ring (bicyclic) bond motifs is 1. The third-order valence-electron chi connectivity index (χ3n) is 5.79. The summed E-state index contributed by atoms with van der Waals surface area (Å²) in [5.41, 5.74) is 0.231. The van der Waals surface area contributed by atoms with Crippen LogP contribution in [0.4, 0.5) is 16.2 Å². The highest BCUT2D eigenvalue weighted by molar-refractivity contribution is 6.08. The Morgan fingerprint density at radius 3 is 2.48 bits per heavy atom. The SMILES string of the molecule is C[C@H]1[C@H](N(C(=O)O)C(C)(C)C)C(=O)Nc2ccc(C#N)cc2N1C(=O)C1CCOCC1. The summed E-state index contributed by atoms with van der Waals surface area (Å²) in [6.07, 6.45) is -0.159. The molecule has 1 aromatic rings. The molecule has 2 N–H and O–H groups in total. The highest BCUT2D eigenvalue weighted by Gasteiger charge is 2.47. The van der Waals surface area contributed by atoms with Crippen molar-refractivity contribution in [3.8, 4) is 6.07 Å². The Kier molecular flexibility index (Phi) is 6.23. The monoisotopic (exact) mass is 428 g/mol. The van der Waals surface area contributed by atoms with Gasteiger partial charge in [0.2, 0.25) is 11.8 Å².